The zero-order valence-electron chi connectivity index (χ0n) is 11.1. The lowest BCUT2D eigenvalue weighted by atomic mass is 9.95. The van der Waals surface area contributed by atoms with Gasteiger partial charge in [-0.15, -0.1) is 0 Å². The first kappa shape index (κ1) is 16.0. The molecule has 1 heterocycles. The number of phenols is 1. The smallest absolute Gasteiger partial charge is 0.271 e. The first-order valence-electron chi connectivity index (χ1n) is 5.85. The van der Waals surface area contributed by atoms with Gasteiger partial charge in [0, 0.05) is 23.3 Å². The Bertz CT molecular complexity index is 984. The molecular weight excluding hydrogens is 370 g/mol. The molecule has 0 radical (unpaired) electrons. The van der Waals surface area contributed by atoms with Crippen molar-refractivity contribution >= 4 is 27.4 Å². The second-order valence-electron chi connectivity index (χ2n) is 4.30. The number of phenolic OH excluding ortho intramolecular Hbond substituents is 1. The molecule has 9 nitrogen and oxygen atoms in total. The summed E-state index contributed by atoms with van der Waals surface area (Å²) >= 11 is 2.96. The van der Waals surface area contributed by atoms with Gasteiger partial charge in [0.25, 0.3) is 11.2 Å². The zero-order chi connectivity index (χ0) is 17.3. The summed E-state index contributed by atoms with van der Waals surface area (Å²) in [5.41, 5.74) is 3.03. The van der Waals surface area contributed by atoms with Crippen LogP contribution in [0.2, 0.25) is 0 Å². The van der Waals surface area contributed by atoms with Gasteiger partial charge in [0.15, 0.2) is 0 Å². The van der Waals surface area contributed by atoms with E-state index in [1.165, 1.54) is 0 Å². The standard InChI is InChI=1S/C13H6BrN5O4/c14-9-2-5(19(22)23)1-6(11(9)20)10-7(3-15)12(17)18-13(21)8(10)4-16/h1-2,20H,(H3,17,18,21). The van der Waals surface area contributed by atoms with Gasteiger partial charge in [-0.25, -0.2) is 0 Å². The lowest BCUT2D eigenvalue weighted by molar-refractivity contribution is -0.384. The third-order valence-corrected chi connectivity index (χ3v) is 3.60. The van der Waals surface area contributed by atoms with Crippen LogP contribution in [0.4, 0.5) is 11.5 Å². The number of nitrogens with zero attached hydrogens (tertiary/aromatic N) is 3. The van der Waals surface area contributed by atoms with Crippen LogP contribution in [0.5, 0.6) is 5.75 Å². The number of aromatic hydroxyl groups is 1. The van der Waals surface area contributed by atoms with Crippen LogP contribution >= 0.6 is 15.9 Å². The number of nitrogen functional groups attached to an aromatic ring is 1. The Morgan fingerprint density at radius 2 is 1.91 bits per heavy atom. The molecule has 0 bridgehead atoms. The van der Waals surface area contributed by atoms with Crippen molar-refractivity contribution in [2.75, 3.05) is 5.73 Å². The van der Waals surface area contributed by atoms with Gasteiger partial charge < -0.3 is 15.8 Å². The van der Waals surface area contributed by atoms with Gasteiger partial charge in [-0.05, 0) is 15.9 Å². The number of rotatable bonds is 2. The van der Waals surface area contributed by atoms with E-state index in [-0.39, 0.29) is 27.0 Å². The van der Waals surface area contributed by atoms with Crippen molar-refractivity contribution in [2.24, 2.45) is 0 Å². The van der Waals surface area contributed by atoms with Gasteiger partial charge in [0.2, 0.25) is 0 Å². The van der Waals surface area contributed by atoms with Crippen LogP contribution in [-0.4, -0.2) is 15.0 Å². The molecule has 2 aromatic rings. The van der Waals surface area contributed by atoms with Crippen molar-refractivity contribution in [1.29, 1.82) is 10.5 Å². The van der Waals surface area contributed by atoms with Crippen molar-refractivity contribution in [3.8, 4) is 29.0 Å². The number of aromatic nitrogens is 1. The van der Waals surface area contributed by atoms with E-state index in [9.17, 15) is 25.3 Å². The number of nitro groups is 1. The number of hydrogen-bond donors (Lipinski definition) is 3. The molecule has 23 heavy (non-hydrogen) atoms. The number of halogens is 1. The van der Waals surface area contributed by atoms with Crippen molar-refractivity contribution in [3.05, 3.63) is 48.2 Å². The second kappa shape index (κ2) is 5.79. The van der Waals surface area contributed by atoms with Gasteiger partial charge in [-0.2, -0.15) is 10.5 Å². The summed E-state index contributed by atoms with van der Waals surface area (Å²) in [7, 11) is 0. The van der Waals surface area contributed by atoms with Gasteiger partial charge in [-0.1, -0.05) is 0 Å². The molecule has 0 amide bonds. The number of aromatic amines is 1. The number of hydrogen-bond acceptors (Lipinski definition) is 7. The number of H-pyrrole nitrogens is 1. The van der Waals surface area contributed by atoms with E-state index >= 15 is 0 Å². The Morgan fingerprint density at radius 1 is 1.30 bits per heavy atom. The lowest BCUT2D eigenvalue weighted by Crippen LogP contribution is -2.16. The highest BCUT2D eigenvalue weighted by Gasteiger charge is 2.24. The number of benzene rings is 1. The summed E-state index contributed by atoms with van der Waals surface area (Å²) in [4.78, 5) is 24.2. The van der Waals surface area contributed by atoms with Crippen molar-refractivity contribution < 1.29 is 10.0 Å². The first-order chi connectivity index (χ1) is 10.8. The zero-order valence-corrected chi connectivity index (χ0v) is 12.7. The third-order valence-electron chi connectivity index (χ3n) is 3.00. The third kappa shape index (κ3) is 2.59. The molecule has 0 fully saturated rings. The van der Waals surface area contributed by atoms with Crippen LogP contribution in [0.1, 0.15) is 11.1 Å². The van der Waals surface area contributed by atoms with Crippen LogP contribution in [0, 0.1) is 32.8 Å². The van der Waals surface area contributed by atoms with Crippen LogP contribution in [0.3, 0.4) is 0 Å². The number of non-ortho nitro benzene ring substituents is 1. The maximum absolute atomic E-state index is 11.9. The topological polar surface area (TPSA) is 170 Å². The van der Waals surface area contributed by atoms with Crippen LogP contribution in [0.25, 0.3) is 11.1 Å². The molecule has 2 rings (SSSR count). The van der Waals surface area contributed by atoms with E-state index in [2.05, 4.69) is 20.9 Å². The highest BCUT2D eigenvalue weighted by molar-refractivity contribution is 9.10. The summed E-state index contributed by atoms with van der Waals surface area (Å²) in [6.07, 6.45) is 0. The van der Waals surface area contributed by atoms with Crippen molar-refractivity contribution in [1.82, 2.24) is 4.98 Å². The molecule has 1 aromatic heterocycles. The van der Waals surface area contributed by atoms with Gasteiger partial charge in [0.1, 0.15) is 34.8 Å². The second-order valence-corrected chi connectivity index (χ2v) is 5.15. The molecule has 4 N–H and O–H groups in total. The largest absolute Gasteiger partial charge is 0.506 e. The molecular formula is C13H6BrN5O4. The predicted molar refractivity (Wildman–Crippen MR) is 82.4 cm³/mol. The van der Waals surface area contributed by atoms with E-state index in [1.54, 1.807) is 12.1 Å². The fourth-order valence-electron chi connectivity index (χ4n) is 1.99. The number of nitrogens with two attached hydrogens (primary N) is 1. The minimum atomic E-state index is -0.874. The molecule has 10 heteroatoms. The molecule has 0 saturated heterocycles. The maximum atomic E-state index is 11.9. The molecule has 0 aliphatic heterocycles. The van der Waals surface area contributed by atoms with Crippen LogP contribution < -0.4 is 11.3 Å². The van der Waals surface area contributed by atoms with E-state index in [0.717, 1.165) is 12.1 Å². The fraction of sp³-hybridized carbons (Fsp3) is 0. The summed E-state index contributed by atoms with van der Waals surface area (Å²) in [6, 6.07) is 5.33. The minimum Gasteiger partial charge on any atom is -0.506 e. The Kier molecular flexibility index (Phi) is 4.03. The van der Waals surface area contributed by atoms with E-state index in [1.807, 2.05) is 0 Å². The normalized spacial score (nSPS) is 9.87. The van der Waals surface area contributed by atoms with E-state index in [0.29, 0.717) is 0 Å². The predicted octanol–water partition coefficient (Wildman–Crippen LogP) is 1.74. The van der Waals surface area contributed by atoms with Gasteiger partial charge in [0.05, 0.1) is 9.40 Å². The van der Waals surface area contributed by atoms with Crippen LogP contribution in [0.15, 0.2) is 21.4 Å². The van der Waals surface area contributed by atoms with E-state index in [4.69, 9.17) is 11.0 Å². The number of nitrogens with one attached hydrogen (secondary N) is 1. The molecule has 0 aliphatic carbocycles. The number of pyridine rings is 1. The minimum absolute atomic E-state index is 0.0340. The highest BCUT2D eigenvalue weighted by atomic mass is 79.9. The molecule has 114 valence electrons. The summed E-state index contributed by atoms with van der Waals surface area (Å²) in [5.74, 6) is -0.776. The van der Waals surface area contributed by atoms with E-state index < -0.39 is 27.5 Å². The van der Waals surface area contributed by atoms with Crippen LogP contribution in [-0.2, 0) is 0 Å². The summed E-state index contributed by atoms with van der Waals surface area (Å²) in [5, 5.41) is 39.5. The van der Waals surface area contributed by atoms with Gasteiger partial charge >= 0.3 is 0 Å². The fourth-order valence-corrected chi connectivity index (χ4v) is 2.44. The molecule has 0 spiro atoms. The Balaban J connectivity index is 3.04. The summed E-state index contributed by atoms with van der Waals surface area (Å²) < 4.78 is -0.0340. The summed E-state index contributed by atoms with van der Waals surface area (Å²) in [6.45, 7) is 0. The Morgan fingerprint density at radius 3 is 2.43 bits per heavy atom. The average molecular weight is 376 g/mol. The maximum Gasteiger partial charge on any atom is 0.271 e. The Labute approximate surface area is 136 Å². The first-order valence-corrected chi connectivity index (χ1v) is 6.64. The average Bonchev–Trinajstić information content (AvgIpc) is 2.49. The monoisotopic (exact) mass is 375 g/mol. The van der Waals surface area contributed by atoms with Crippen molar-refractivity contribution in [2.45, 2.75) is 0 Å². The number of nitriles is 2. The molecule has 0 atom stereocenters. The number of nitro benzene ring substituents is 1. The van der Waals surface area contributed by atoms with Crippen molar-refractivity contribution in [3.63, 3.8) is 0 Å². The van der Waals surface area contributed by atoms with Gasteiger partial charge in [-0.3, -0.25) is 14.9 Å². The molecule has 0 unspecified atom stereocenters. The molecule has 0 aliphatic rings. The lowest BCUT2D eigenvalue weighted by Gasteiger charge is -2.11. The molecule has 1 aromatic carbocycles. The quantitative estimate of drug-likeness (QED) is 0.529. The molecule has 0 saturated carbocycles. The Hall–Kier alpha value is -3.37. The highest BCUT2D eigenvalue weighted by Crippen LogP contribution is 2.41. The SMILES string of the molecule is N#Cc1c(N)[nH]c(=O)c(C#N)c1-c1cc([N+](=O)[O-])cc(Br)c1O. The number of anilines is 1.